The molecular formula is C22H19N3O2S. The topological polar surface area (TPSA) is 71.8 Å². The van der Waals surface area contributed by atoms with E-state index in [-0.39, 0.29) is 5.63 Å². The van der Waals surface area contributed by atoms with E-state index in [9.17, 15) is 4.79 Å². The van der Waals surface area contributed by atoms with Crippen molar-refractivity contribution in [2.75, 3.05) is 0 Å². The van der Waals surface area contributed by atoms with Gasteiger partial charge in [-0.15, -0.1) is 5.10 Å². The molecule has 2 heterocycles. The van der Waals surface area contributed by atoms with Crippen molar-refractivity contribution in [2.24, 2.45) is 0 Å². The first-order chi connectivity index (χ1) is 13.7. The number of nitrogens with zero attached hydrogens (tertiary/aromatic N) is 2. The molecule has 5 rings (SSSR count). The third-order valence-corrected chi connectivity index (χ3v) is 6.09. The molecule has 6 heteroatoms. The van der Waals surface area contributed by atoms with Gasteiger partial charge >= 0.3 is 5.63 Å². The van der Waals surface area contributed by atoms with Crippen LogP contribution in [0.3, 0.4) is 0 Å². The lowest BCUT2D eigenvalue weighted by Crippen LogP contribution is -2.01. The van der Waals surface area contributed by atoms with Crippen LogP contribution >= 0.6 is 11.8 Å². The van der Waals surface area contributed by atoms with Gasteiger partial charge in [-0.3, -0.25) is 5.10 Å². The highest BCUT2D eigenvalue weighted by Gasteiger charge is 2.16. The normalized spacial score (nSPS) is 13.2. The SMILES string of the molecule is Cc1ccc(-c2nc(SCc3cc(=O)oc4cc5c(cc34)CCC5)n[nH]2)cc1. The Kier molecular flexibility index (Phi) is 4.28. The minimum atomic E-state index is -0.309. The molecule has 0 fully saturated rings. The zero-order valence-corrected chi connectivity index (χ0v) is 16.3. The molecule has 1 N–H and O–H groups in total. The summed E-state index contributed by atoms with van der Waals surface area (Å²) in [5, 5.41) is 8.99. The van der Waals surface area contributed by atoms with Gasteiger partial charge in [-0.1, -0.05) is 41.6 Å². The number of fused-ring (bicyclic) bond motifs is 2. The Labute approximate surface area is 166 Å². The molecule has 0 unspecified atom stereocenters. The number of thioether (sulfide) groups is 1. The van der Waals surface area contributed by atoms with Crippen molar-refractivity contribution in [1.82, 2.24) is 15.2 Å². The molecule has 28 heavy (non-hydrogen) atoms. The molecule has 0 amide bonds. The largest absolute Gasteiger partial charge is 0.423 e. The molecule has 5 nitrogen and oxygen atoms in total. The summed E-state index contributed by atoms with van der Waals surface area (Å²) < 4.78 is 5.45. The van der Waals surface area contributed by atoms with E-state index < -0.39 is 0 Å². The second-order valence-electron chi connectivity index (χ2n) is 7.18. The van der Waals surface area contributed by atoms with Crippen LogP contribution in [0.15, 0.2) is 56.8 Å². The standard InChI is InChI=1S/C22H19N3O2S/c1-13-5-7-14(8-6-13)21-23-22(25-24-21)28-12-17-11-20(26)27-19-10-16-4-2-3-15(16)9-18(17)19/h5-11H,2-4,12H2,1H3,(H,23,24,25). The van der Waals surface area contributed by atoms with E-state index in [1.807, 2.05) is 18.2 Å². The Morgan fingerprint density at radius 3 is 2.71 bits per heavy atom. The summed E-state index contributed by atoms with van der Waals surface area (Å²) in [6.07, 6.45) is 3.32. The van der Waals surface area contributed by atoms with E-state index in [1.165, 1.54) is 34.9 Å². The van der Waals surface area contributed by atoms with Gasteiger partial charge in [0, 0.05) is 22.8 Å². The molecule has 0 spiro atoms. The summed E-state index contributed by atoms with van der Waals surface area (Å²) in [5.74, 6) is 1.37. The average molecular weight is 389 g/mol. The summed E-state index contributed by atoms with van der Waals surface area (Å²) in [5.41, 5.74) is 6.22. The predicted molar refractivity (Wildman–Crippen MR) is 111 cm³/mol. The highest BCUT2D eigenvalue weighted by Crippen LogP contribution is 2.31. The highest BCUT2D eigenvalue weighted by molar-refractivity contribution is 7.98. The van der Waals surface area contributed by atoms with Crippen molar-refractivity contribution in [3.63, 3.8) is 0 Å². The van der Waals surface area contributed by atoms with Crippen LogP contribution in [0.4, 0.5) is 0 Å². The summed E-state index contributed by atoms with van der Waals surface area (Å²) in [4.78, 5) is 16.6. The van der Waals surface area contributed by atoms with Gasteiger partial charge in [-0.05, 0) is 55.0 Å². The Morgan fingerprint density at radius 2 is 1.89 bits per heavy atom. The molecule has 0 bridgehead atoms. The van der Waals surface area contributed by atoms with Crippen molar-refractivity contribution in [3.8, 4) is 11.4 Å². The van der Waals surface area contributed by atoms with Crippen LogP contribution in [-0.2, 0) is 18.6 Å². The number of rotatable bonds is 4. The molecule has 1 aliphatic rings. The zero-order chi connectivity index (χ0) is 19.1. The summed E-state index contributed by atoms with van der Waals surface area (Å²) in [6, 6.07) is 14.0. The van der Waals surface area contributed by atoms with Crippen LogP contribution in [0, 0.1) is 6.92 Å². The second kappa shape index (κ2) is 6.95. The molecule has 4 aromatic rings. The molecular weight excluding hydrogens is 370 g/mol. The van der Waals surface area contributed by atoms with E-state index >= 15 is 0 Å². The number of aromatic amines is 1. The minimum absolute atomic E-state index is 0.309. The fourth-order valence-corrected chi connectivity index (χ4v) is 4.50. The molecule has 0 aliphatic heterocycles. The van der Waals surface area contributed by atoms with Crippen molar-refractivity contribution >= 4 is 22.7 Å². The third kappa shape index (κ3) is 3.24. The lowest BCUT2D eigenvalue weighted by atomic mass is 10.0. The Bertz CT molecular complexity index is 1220. The Hall–Kier alpha value is -2.86. The van der Waals surface area contributed by atoms with Crippen LogP contribution in [0.25, 0.3) is 22.4 Å². The van der Waals surface area contributed by atoms with E-state index in [0.717, 1.165) is 35.2 Å². The van der Waals surface area contributed by atoms with E-state index in [0.29, 0.717) is 16.5 Å². The Balaban J connectivity index is 1.42. The quantitative estimate of drug-likeness (QED) is 0.406. The smallest absolute Gasteiger partial charge is 0.336 e. The molecule has 1 aliphatic carbocycles. The minimum Gasteiger partial charge on any atom is -0.423 e. The summed E-state index contributed by atoms with van der Waals surface area (Å²) >= 11 is 1.51. The van der Waals surface area contributed by atoms with Crippen molar-refractivity contribution in [1.29, 1.82) is 0 Å². The number of nitrogens with one attached hydrogen (secondary N) is 1. The van der Waals surface area contributed by atoms with Gasteiger partial charge in [-0.25, -0.2) is 9.78 Å². The van der Waals surface area contributed by atoms with E-state index in [4.69, 9.17) is 4.42 Å². The van der Waals surface area contributed by atoms with Crippen LogP contribution in [-0.4, -0.2) is 15.2 Å². The van der Waals surface area contributed by atoms with Crippen LogP contribution in [0.5, 0.6) is 0 Å². The van der Waals surface area contributed by atoms with Crippen LogP contribution < -0.4 is 5.63 Å². The molecule has 0 radical (unpaired) electrons. The van der Waals surface area contributed by atoms with Gasteiger partial charge in [-0.2, -0.15) is 0 Å². The predicted octanol–water partition coefficient (Wildman–Crippen LogP) is 4.67. The first-order valence-corrected chi connectivity index (χ1v) is 10.3. The van der Waals surface area contributed by atoms with Gasteiger partial charge in [0.25, 0.3) is 0 Å². The lowest BCUT2D eigenvalue weighted by molar-refractivity contribution is 0.559. The van der Waals surface area contributed by atoms with E-state index in [2.05, 4.69) is 40.3 Å². The van der Waals surface area contributed by atoms with E-state index in [1.54, 1.807) is 6.07 Å². The lowest BCUT2D eigenvalue weighted by Gasteiger charge is -2.07. The summed E-state index contributed by atoms with van der Waals surface area (Å²) in [7, 11) is 0. The number of H-pyrrole nitrogens is 1. The maximum atomic E-state index is 12.0. The number of hydrogen-bond acceptors (Lipinski definition) is 5. The zero-order valence-electron chi connectivity index (χ0n) is 15.5. The van der Waals surface area contributed by atoms with Gasteiger partial charge in [0.2, 0.25) is 5.16 Å². The molecule has 0 saturated carbocycles. The van der Waals surface area contributed by atoms with Gasteiger partial charge in [0.05, 0.1) is 0 Å². The van der Waals surface area contributed by atoms with Crippen LogP contribution in [0.2, 0.25) is 0 Å². The fourth-order valence-electron chi connectivity index (χ4n) is 3.71. The van der Waals surface area contributed by atoms with Crippen molar-refractivity contribution in [3.05, 3.63) is 75.1 Å². The molecule has 0 saturated heterocycles. The molecule has 2 aromatic carbocycles. The molecule has 0 atom stereocenters. The van der Waals surface area contributed by atoms with Crippen LogP contribution in [0.1, 0.15) is 28.7 Å². The average Bonchev–Trinajstić information content (AvgIpc) is 3.34. The first-order valence-electron chi connectivity index (χ1n) is 9.36. The maximum absolute atomic E-state index is 12.0. The monoisotopic (exact) mass is 389 g/mol. The molecule has 2 aromatic heterocycles. The van der Waals surface area contributed by atoms with Gasteiger partial charge in [0.1, 0.15) is 5.58 Å². The van der Waals surface area contributed by atoms with Gasteiger partial charge in [0.15, 0.2) is 5.82 Å². The van der Waals surface area contributed by atoms with Crippen molar-refractivity contribution in [2.45, 2.75) is 37.1 Å². The van der Waals surface area contributed by atoms with Gasteiger partial charge < -0.3 is 4.42 Å². The third-order valence-electron chi connectivity index (χ3n) is 5.19. The maximum Gasteiger partial charge on any atom is 0.336 e. The first kappa shape index (κ1) is 17.3. The van der Waals surface area contributed by atoms with Crippen molar-refractivity contribution < 1.29 is 4.42 Å². The number of benzene rings is 2. The second-order valence-corrected chi connectivity index (χ2v) is 8.13. The number of aryl methyl sites for hydroxylation is 3. The number of hydrogen-bond donors (Lipinski definition) is 1. The molecule has 140 valence electrons. The fraction of sp³-hybridized carbons (Fsp3) is 0.227. The number of aromatic nitrogens is 3. The summed E-state index contributed by atoms with van der Waals surface area (Å²) in [6.45, 7) is 2.06. The Morgan fingerprint density at radius 1 is 1.11 bits per heavy atom. The highest BCUT2D eigenvalue weighted by atomic mass is 32.2.